The summed E-state index contributed by atoms with van der Waals surface area (Å²) in [4.78, 5) is 29.2. The number of hydrogen-bond donors (Lipinski definition) is 0. The molecule has 2 aromatic carbocycles. The number of hydrogen-bond acceptors (Lipinski definition) is 3. The number of piperazine rings is 1. The van der Waals surface area contributed by atoms with Gasteiger partial charge in [0.2, 0.25) is 11.8 Å². The number of methoxy groups -OCH3 is 1. The van der Waals surface area contributed by atoms with Gasteiger partial charge in [-0.15, -0.1) is 0 Å². The maximum absolute atomic E-state index is 13.0. The minimum absolute atomic E-state index is 0.00343. The molecule has 1 aliphatic heterocycles. The summed E-state index contributed by atoms with van der Waals surface area (Å²) in [6, 6.07) is 15.9. The van der Waals surface area contributed by atoms with Crippen molar-refractivity contribution in [3.63, 3.8) is 0 Å². The molecular weight excluding hydrogens is 340 g/mol. The molecule has 0 unspecified atom stereocenters. The summed E-state index contributed by atoms with van der Waals surface area (Å²) < 4.78 is 5.25. The van der Waals surface area contributed by atoms with Gasteiger partial charge in [0, 0.05) is 19.6 Å². The van der Waals surface area contributed by atoms with Gasteiger partial charge in [-0.2, -0.15) is 0 Å². The van der Waals surface area contributed by atoms with E-state index < -0.39 is 0 Å². The first-order valence-corrected chi connectivity index (χ1v) is 9.43. The van der Waals surface area contributed by atoms with E-state index in [0.29, 0.717) is 19.6 Å². The first kappa shape index (κ1) is 17.6. The molecule has 1 fully saturated rings. The van der Waals surface area contributed by atoms with Gasteiger partial charge in [-0.25, -0.2) is 0 Å². The molecule has 1 aliphatic carbocycles. The van der Waals surface area contributed by atoms with Gasteiger partial charge >= 0.3 is 0 Å². The summed E-state index contributed by atoms with van der Waals surface area (Å²) in [5.41, 5.74) is 3.43. The lowest BCUT2D eigenvalue weighted by Gasteiger charge is -2.35. The average molecular weight is 364 g/mol. The quantitative estimate of drug-likeness (QED) is 0.838. The van der Waals surface area contributed by atoms with Crippen LogP contribution in [0.1, 0.15) is 29.0 Å². The Morgan fingerprint density at radius 3 is 2.81 bits per heavy atom. The summed E-state index contributed by atoms with van der Waals surface area (Å²) in [6.45, 7) is 1.87. The van der Waals surface area contributed by atoms with Crippen LogP contribution in [0.25, 0.3) is 0 Å². The maximum Gasteiger partial charge on any atom is 0.242 e. The summed E-state index contributed by atoms with van der Waals surface area (Å²) in [6.07, 6.45) is 1.78. The first-order valence-electron chi connectivity index (χ1n) is 9.43. The van der Waals surface area contributed by atoms with E-state index >= 15 is 0 Å². The van der Waals surface area contributed by atoms with Crippen LogP contribution in [0.15, 0.2) is 48.5 Å². The number of nitrogens with zero attached hydrogens (tertiary/aromatic N) is 2. The van der Waals surface area contributed by atoms with Crippen LogP contribution in [-0.2, 0) is 22.6 Å². The summed E-state index contributed by atoms with van der Waals surface area (Å²) in [5, 5.41) is 0. The highest BCUT2D eigenvalue weighted by Gasteiger charge is 2.35. The lowest BCUT2D eigenvalue weighted by molar-refractivity contribution is -0.146. The van der Waals surface area contributed by atoms with Crippen LogP contribution in [0.4, 0.5) is 0 Å². The molecule has 5 heteroatoms. The van der Waals surface area contributed by atoms with Gasteiger partial charge in [-0.1, -0.05) is 36.4 Å². The Kier molecular flexibility index (Phi) is 4.84. The predicted molar refractivity (Wildman–Crippen MR) is 102 cm³/mol. The Morgan fingerprint density at radius 2 is 2.00 bits per heavy atom. The highest BCUT2D eigenvalue weighted by molar-refractivity contribution is 5.90. The Bertz CT molecular complexity index is 864. The Balaban J connectivity index is 1.40. The van der Waals surface area contributed by atoms with E-state index in [2.05, 4.69) is 6.07 Å². The lowest BCUT2D eigenvalue weighted by atomic mass is 9.99. The molecule has 0 radical (unpaired) electrons. The molecule has 2 amide bonds. The van der Waals surface area contributed by atoms with E-state index in [1.807, 2.05) is 47.4 Å². The zero-order valence-electron chi connectivity index (χ0n) is 15.6. The molecule has 27 heavy (non-hydrogen) atoms. The fourth-order valence-corrected chi connectivity index (χ4v) is 4.09. The smallest absolute Gasteiger partial charge is 0.242 e. The van der Waals surface area contributed by atoms with Crippen LogP contribution in [0.2, 0.25) is 0 Å². The minimum Gasteiger partial charge on any atom is -0.497 e. The van der Waals surface area contributed by atoms with Gasteiger partial charge in [0.15, 0.2) is 0 Å². The monoisotopic (exact) mass is 364 g/mol. The second-order valence-corrected chi connectivity index (χ2v) is 7.22. The Labute approximate surface area is 159 Å². The molecule has 0 saturated carbocycles. The van der Waals surface area contributed by atoms with Crippen LogP contribution >= 0.6 is 0 Å². The molecule has 2 aliphatic rings. The summed E-state index contributed by atoms with van der Waals surface area (Å²) in [5.74, 6) is 0.783. The van der Waals surface area contributed by atoms with Gasteiger partial charge in [-0.3, -0.25) is 9.59 Å². The van der Waals surface area contributed by atoms with Crippen molar-refractivity contribution in [2.45, 2.75) is 25.3 Å². The topological polar surface area (TPSA) is 49.9 Å². The van der Waals surface area contributed by atoms with Gasteiger partial charge in [0.25, 0.3) is 0 Å². The Morgan fingerprint density at radius 1 is 1.15 bits per heavy atom. The van der Waals surface area contributed by atoms with Crippen molar-refractivity contribution in [2.24, 2.45) is 0 Å². The number of carbonyl (C=O) groups excluding carboxylic acids is 2. The second-order valence-electron chi connectivity index (χ2n) is 7.22. The van der Waals surface area contributed by atoms with Gasteiger partial charge in [0.05, 0.1) is 19.6 Å². The van der Waals surface area contributed by atoms with E-state index in [-0.39, 0.29) is 24.3 Å². The van der Waals surface area contributed by atoms with E-state index in [0.717, 1.165) is 29.7 Å². The molecule has 5 nitrogen and oxygen atoms in total. The van der Waals surface area contributed by atoms with Crippen LogP contribution in [-0.4, -0.2) is 48.4 Å². The van der Waals surface area contributed by atoms with E-state index in [1.54, 1.807) is 12.0 Å². The lowest BCUT2D eigenvalue weighted by Crippen LogP contribution is -2.52. The predicted octanol–water partition coefficient (Wildman–Crippen LogP) is 2.60. The molecule has 2 aromatic rings. The third kappa shape index (κ3) is 3.54. The van der Waals surface area contributed by atoms with Crippen molar-refractivity contribution < 1.29 is 14.3 Å². The molecule has 0 N–H and O–H groups in total. The highest BCUT2D eigenvalue weighted by atomic mass is 16.5. The van der Waals surface area contributed by atoms with Crippen molar-refractivity contribution in [1.29, 1.82) is 0 Å². The molecule has 1 saturated heterocycles. The van der Waals surface area contributed by atoms with Gasteiger partial charge in [0.1, 0.15) is 5.75 Å². The van der Waals surface area contributed by atoms with Crippen molar-refractivity contribution in [2.75, 3.05) is 26.7 Å². The van der Waals surface area contributed by atoms with E-state index in [9.17, 15) is 9.59 Å². The molecule has 0 aromatic heterocycles. The minimum atomic E-state index is -0.0982. The summed E-state index contributed by atoms with van der Waals surface area (Å²) in [7, 11) is 1.63. The molecule has 1 heterocycles. The zero-order chi connectivity index (χ0) is 18.8. The second kappa shape index (κ2) is 7.43. The first-order chi connectivity index (χ1) is 13.2. The van der Waals surface area contributed by atoms with Crippen LogP contribution in [0.3, 0.4) is 0 Å². The van der Waals surface area contributed by atoms with Gasteiger partial charge in [-0.05, 0) is 41.7 Å². The number of ether oxygens (including phenoxy) is 1. The third-order valence-corrected chi connectivity index (χ3v) is 5.57. The Hall–Kier alpha value is -2.82. The standard InChI is InChI=1S/C22H24N2O3/c1-27-18-7-4-5-16(13-18)14-23-11-12-24(15-21(23)25)22(26)20-10-9-17-6-2-3-8-19(17)20/h2-8,13,20H,9-12,14-15H2,1H3/t20-/m0/s1. The molecule has 4 rings (SSSR count). The molecular formula is C22H24N2O3. The van der Waals surface area contributed by atoms with Crippen LogP contribution in [0.5, 0.6) is 5.75 Å². The van der Waals surface area contributed by atoms with Crippen molar-refractivity contribution in [3.8, 4) is 5.75 Å². The van der Waals surface area contributed by atoms with Crippen LogP contribution in [0, 0.1) is 0 Å². The van der Waals surface area contributed by atoms with Gasteiger partial charge < -0.3 is 14.5 Å². The van der Waals surface area contributed by atoms with Crippen LogP contribution < -0.4 is 4.74 Å². The SMILES string of the molecule is COc1cccc(CN2CCN(C(=O)[C@H]3CCc4ccccc43)CC2=O)c1. The maximum atomic E-state index is 13.0. The third-order valence-electron chi connectivity index (χ3n) is 5.57. The number of benzene rings is 2. The molecule has 140 valence electrons. The average Bonchev–Trinajstić information content (AvgIpc) is 3.13. The zero-order valence-corrected chi connectivity index (χ0v) is 15.6. The highest BCUT2D eigenvalue weighted by Crippen LogP contribution is 2.34. The van der Waals surface area contributed by atoms with Crippen molar-refractivity contribution in [3.05, 3.63) is 65.2 Å². The summed E-state index contributed by atoms with van der Waals surface area (Å²) >= 11 is 0. The number of carbonyl (C=O) groups is 2. The number of rotatable bonds is 4. The molecule has 0 bridgehead atoms. The normalized spacial score (nSPS) is 19.1. The van der Waals surface area contributed by atoms with E-state index in [4.69, 9.17) is 4.74 Å². The van der Waals surface area contributed by atoms with E-state index in [1.165, 1.54) is 5.56 Å². The number of amides is 2. The number of aryl methyl sites for hydroxylation is 1. The van der Waals surface area contributed by atoms with Crippen molar-refractivity contribution in [1.82, 2.24) is 9.80 Å². The molecule has 1 atom stereocenters. The largest absolute Gasteiger partial charge is 0.497 e. The fourth-order valence-electron chi connectivity index (χ4n) is 4.09. The molecule has 0 spiro atoms. The fraction of sp³-hybridized carbons (Fsp3) is 0.364. The van der Waals surface area contributed by atoms with Crippen molar-refractivity contribution >= 4 is 11.8 Å². The number of fused-ring (bicyclic) bond motifs is 1.